The fraction of sp³-hybridized carbons (Fsp3) is 0.118. The van der Waals surface area contributed by atoms with Gasteiger partial charge in [0, 0.05) is 17.5 Å². The van der Waals surface area contributed by atoms with Gasteiger partial charge < -0.3 is 9.84 Å². The Labute approximate surface area is 135 Å². The highest BCUT2D eigenvalue weighted by atomic mass is 19.4. The van der Waals surface area contributed by atoms with Gasteiger partial charge in [0.25, 0.3) is 0 Å². The van der Waals surface area contributed by atoms with Gasteiger partial charge in [-0.3, -0.25) is 0 Å². The fourth-order valence-electron chi connectivity index (χ4n) is 2.16. The third kappa shape index (κ3) is 3.02. The Morgan fingerprint density at radius 1 is 1.08 bits per heavy atom. The predicted octanol–water partition coefficient (Wildman–Crippen LogP) is 3.89. The second-order valence-corrected chi connectivity index (χ2v) is 4.97. The van der Waals surface area contributed by atoms with Crippen LogP contribution in [0.4, 0.5) is 13.2 Å². The highest BCUT2D eigenvalue weighted by molar-refractivity contribution is 6.14. The number of benzene rings is 2. The molecule has 0 bridgehead atoms. The summed E-state index contributed by atoms with van der Waals surface area (Å²) in [5.74, 6) is 3.30. The number of nitrogens with zero attached hydrogens (tertiary/aromatic N) is 2. The molecule has 0 aliphatic carbocycles. The second-order valence-electron chi connectivity index (χ2n) is 4.97. The van der Waals surface area contributed by atoms with Crippen LogP contribution in [0.2, 0.25) is 0 Å². The second kappa shape index (κ2) is 5.86. The van der Waals surface area contributed by atoms with E-state index in [9.17, 15) is 18.3 Å². The van der Waals surface area contributed by atoms with Gasteiger partial charge >= 0.3 is 6.18 Å². The van der Waals surface area contributed by atoms with Crippen molar-refractivity contribution in [1.82, 2.24) is 0 Å². The molecule has 0 fully saturated rings. The summed E-state index contributed by atoms with van der Waals surface area (Å²) in [6, 6.07) is 9.22. The van der Waals surface area contributed by atoms with Crippen LogP contribution in [0.25, 0.3) is 5.70 Å². The van der Waals surface area contributed by atoms with Crippen LogP contribution >= 0.6 is 0 Å². The highest BCUT2D eigenvalue weighted by Gasteiger charge is 2.30. The maximum atomic E-state index is 12.6. The van der Waals surface area contributed by atoms with Gasteiger partial charge in [0.15, 0.2) is 5.84 Å². The summed E-state index contributed by atoms with van der Waals surface area (Å²) in [6.07, 6.45) is -4.39. The summed E-state index contributed by atoms with van der Waals surface area (Å²) in [5, 5.41) is 9.98. The summed E-state index contributed by atoms with van der Waals surface area (Å²) in [4.78, 5) is 8.20. The monoisotopic (exact) mass is 332 g/mol. The van der Waals surface area contributed by atoms with Gasteiger partial charge in [-0.1, -0.05) is 12.1 Å². The molecular weight excluding hydrogens is 321 g/mol. The van der Waals surface area contributed by atoms with Crippen molar-refractivity contribution in [2.24, 2.45) is 9.98 Å². The largest absolute Gasteiger partial charge is 0.507 e. The molecule has 2 aromatic carbocycles. The smallest absolute Gasteiger partial charge is 0.416 e. The number of amidine groups is 1. The van der Waals surface area contributed by atoms with Crippen LogP contribution in [0.5, 0.6) is 11.5 Å². The number of phenols is 1. The van der Waals surface area contributed by atoms with Crippen molar-refractivity contribution in [3.05, 3.63) is 59.2 Å². The standard InChI is InChI=1S/C17H11F3N2O2/c1-24-12-6-7-13(15(23)8-12)16-21-9-14(22-16)10-2-4-11(5-3-10)17(18,19)20/h2-8,23H,1H3. The molecule has 0 aromatic heterocycles. The average molecular weight is 332 g/mol. The predicted molar refractivity (Wildman–Crippen MR) is 83.5 cm³/mol. The van der Waals surface area contributed by atoms with E-state index in [1.807, 2.05) is 0 Å². The number of alkyl halides is 3. The molecule has 1 aliphatic rings. The van der Waals surface area contributed by atoms with Crippen LogP contribution in [-0.4, -0.2) is 23.9 Å². The van der Waals surface area contributed by atoms with Crippen LogP contribution in [0.3, 0.4) is 0 Å². The third-order valence-electron chi connectivity index (χ3n) is 3.42. The van der Waals surface area contributed by atoms with Crippen molar-refractivity contribution in [3.63, 3.8) is 0 Å². The first kappa shape index (κ1) is 15.8. The van der Waals surface area contributed by atoms with Gasteiger partial charge in [0.1, 0.15) is 17.2 Å². The van der Waals surface area contributed by atoms with E-state index in [-0.39, 0.29) is 11.6 Å². The fourth-order valence-corrected chi connectivity index (χ4v) is 2.16. The SMILES string of the molecule is COc1ccc(C2=NC(c3ccc(C(F)(F)F)cc3)=C=N2)c(O)c1. The van der Waals surface area contributed by atoms with Crippen LogP contribution in [0, 0.1) is 0 Å². The Morgan fingerprint density at radius 3 is 2.38 bits per heavy atom. The quantitative estimate of drug-likeness (QED) is 0.927. The van der Waals surface area contributed by atoms with Gasteiger partial charge in [0.2, 0.25) is 0 Å². The van der Waals surface area contributed by atoms with E-state index in [2.05, 4.69) is 15.9 Å². The Bertz CT molecular complexity index is 878. The number of ether oxygens (including phenoxy) is 1. The molecule has 0 unspecified atom stereocenters. The number of halogens is 3. The van der Waals surface area contributed by atoms with E-state index in [1.54, 1.807) is 12.1 Å². The summed E-state index contributed by atoms with van der Waals surface area (Å²) in [5.41, 5.74) is 0.396. The molecule has 1 N–H and O–H groups in total. The van der Waals surface area contributed by atoms with Crippen LogP contribution in [0.1, 0.15) is 16.7 Å². The van der Waals surface area contributed by atoms with Crippen LogP contribution < -0.4 is 4.74 Å². The zero-order valence-corrected chi connectivity index (χ0v) is 12.4. The lowest BCUT2D eigenvalue weighted by molar-refractivity contribution is -0.137. The molecule has 122 valence electrons. The molecule has 4 nitrogen and oxygen atoms in total. The zero-order valence-electron chi connectivity index (χ0n) is 12.4. The molecule has 0 saturated carbocycles. The number of phenolic OH excluding ortho intramolecular Hbond substituents is 1. The van der Waals surface area contributed by atoms with Gasteiger partial charge in [-0.25, -0.2) is 4.99 Å². The minimum Gasteiger partial charge on any atom is -0.507 e. The van der Waals surface area contributed by atoms with E-state index in [4.69, 9.17) is 4.74 Å². The molecule has 1 aliphatic heterocycles. The highest BCUT2D eigenvalue weighted by Crippen LogP contribution is 2.31. The molecule has 7 heteroatoms. The van der Waals surface area contributed by atoms with Gasteiger partial charge in [-0.15, -0.1) is 0 Å². The number of aliphatic imine (C=N–C) groups is 2. The first-order chi connectivity index (χ1) is 11.4. The van der Waals surface area contributed by atoms with Crippen molar-refractivity contribution >= 4 is 17.4 Å². The van der Waals surface area contributed by atoms with E-state index >= 15 is 0 Å². The lowest BCUT2D eigenvalue weighted by Gasteiger charge is -2.07. The minimum absolute atomic E-state index is 0.0627. The average Bonchev–Trinajstić information content (AvgIpc) is 3.03. The lowest BCUT2D eigenvalue weighted by atomic mass is 10.1. The Morgan fingerprint density at radius 2 is 1.79 bits per heavy atom. The summed E-state index contributed by atoms with van der Waals surface area (Å²) in [6.45, 7) is 0. The molecule has 3 rings (SSSR count). The first-order valence-electron chi connectivity index (χ1n) is 6.86. The van der Waals surface area contributed by atoms with Gasteiger partial charge in [-0.2, -0.15) is 18.2 Å². The normalized spacial score (nSPS) is 13.7. The number of hydrogen-bond donors (Lipinski definition) is 1. The third-order valence-corrected chi connectivity index (χ3v) is 3.42. The first-order valence-corrected chi connectivity index (χ1v) is 6.86. The van der Waals surface area contributed by atoms with E-state index in [0.717, 1.165) is 12.1 Å². The maximum absolute atomic E-state index is 12.6. The van der Waals surface area contributed by atoms with E-state index in [1.165, 1.54) is 25.3 Å². The number of hydrogen-bond acceptors (Lipinski definition) is 4. The molecular formula is C17H11F3N2O2. The lowest BCUT2D eigenvalue weighted by Crippen LogP contribution is -2.04. The van der Waals surface area contributed by atoms with E-state index < -0.39 is 11.7 Å². The van der Waals surface area contributed by atoms with Crippen molar-refractivity contribution in [3.8, 4) is 11.5 Å². The summed E-state index contributed by atoms with van der Waals surface area (Å²) < 4.78 is 42.7. The molecule has 24 heavy (non-hydrogen) atoms. The summed E-state index contributed by atoms with van der Waals surface area (Å²) in [7, 11) is 1.48. The number of methoxy groups -OCH3 is 1. The molecule has 1 heterocycles. The van der Waals surface area contributed by atoms with Crippen LogP contribution in [-0.2, 0) is 6.18 Å². The molecule has 0 saturated heterocycles. The molecule has 0 spiro atoms. The summed E-state index contributed by atoms with van der Waals surface area (Å²) >= 11 is 0. The minimum atomic E-state index is -4.39. The number of aromatic hydroxyl groups is 1. The van der Waals surface area contributed by atoms with Crippen molar-refractivity contribution in [2.45, 2.75) is 6.18 Å². The van der Waals surface area contributed by atoms with Gasteiger partial charge in [0.05, 0.1) is 18.2 Å². The van der Waals surface area contributed by atoms with Crippen molar-refractivity contribution in [2.75, 3.05) is 7.11 Å². The molecule has 2 aromatic rings. The molecule has 0 amide bonds. The van der Waals surface area contributed by atoms with Crippen molar-refractivity contribution in [1.29, 1.82) is 0 Å². The maximum Gasteiger partial charge on any atom is 0.416 e. The molecule has 0 radical (unpaired) electrons. The Kier molecular flexibility index (Phi) is 3.87. The molecule has 0 atom stereocenters. The van der Waals surface area contributed by atoms with Gasteiger partial charge in [-0.05, 0) is 24.3 Å². The van der Waals surface area contributed by atoms with Crippen molar-refractivity contribution < 1.29 is 23.0 Å². The Balaban J connectivity index is 1.87. The Hall–Kier alpha value is -3.05. The topological polar surface area (TPSA) is 54.2 Å². The van der Waals surface area contributed by atoms with E-state index in [0.29, 0.717) is 22.6 Å². The van der Waals surface area contributed by atoms with Crippen LogP contribution in [0.15, 0.2) is 52.4 Å². The zero-order chi connectivity index (χ0) is 17.3. The number of rotatable bonds is 3.